The fourth-order valence-corrected chi connectivity index (χ4v) is 2.46. The first-order valence-corrected chi connectivity index (χ1v) is 6.54. The minimum absolute atomic E-state index is 0.555. The lowest BCUT2D eigenvalue weighted by atomic mass is 10.1. The van der Waals surface area contributed by atoms with Crippen LogP contribution in [-0.4, -0.2) is 11.3 Å². The maximum atomic E-state index is 10.3. The van der Waals surface area contributed by atoms with Crippen LogP contribution in [0.4, 0.5) is 0 Å². The molecule has 1 aromatic heterocycles. The van der Waals surface area contributed by atoms with Gasteiger partial charge >= 0.3 is 0 Å². The van der Waals surface area contributed by atoms with Gasteiger partial charge in [0, 0.05) is 23.8 Å². The van der Waals surface area contributed by atoms with Gasteiger partial charge in [-0.3, -0.25) is 0 Å². The van der Waals surface area contributed by atoms with E-state index in [0.717, 1.165) is 29.0 Å². The van der Waals surface area contributed by atoms with Crippen LogP contribution in [0.15, 0.2) is 23.6 Å². The number of hydrogen-bond donors (Lipinski definition) is 0. The first-order valence-electron chi connectivity index (χ1n) is 5.66. The van der Waals surface area contributed by atoms with E-state index in [0.29, 0.717) is 6.42 Å². The number of hydrogen-bond acceptors (Lipinski definition) is 3. The lowest BCUT2D eigenvalue weighted by Gasteiger charge is -2.02. The summed E-state index contributed by atoms with van der Waals surface area (Å²) in [4.78, 5) is 14.9. The molecule has 17 heavy (non-hydrogen) atoms. The highest BCUT2D eigenvalue weighted by atomic mass is 32.1. The molecule has 88 valence electrons. The molecule has 1 aromatic carbocycles. The third kappa shape index (κ3) is 2.80. The summed E-state index contributed by atoms with van der Waals surface area (Å²) < 4.78 is 0. The Hall–Kier alpha value is -1.48. The molecule has 2 rings (SSSR count). The summed E-state index contributed by atoms with van der Waals surface area (Å²) in [5, 5.41) is 3.09. The van der Waals surface area contributed by atoms with Crippen LogP contribution in [0.1, 0.15) is 22.6 Å². The summed E-state index contributed by atoms with van der Waals surface area (Å²) in [6.07, 6.45) is 2.25. The zero-order valence-corrected chi connectivity index (χ0v) is 10.9. The Kier molecular flexibility index (Phi) is 3.69. The van der Waals surface area contributed by atoms with Gasteiger partial charge in [-0.15, -0.1) is 11.3 Å². The number of aromatic nitrogens is 1. The van der Waals surface area contributed by atoms with Crippen LogP contribution in [0.5, 0.6) is 0 Å². The number of aldehydes is 1. The van der Waals surface area contributed by atoms with Gasteiger partial charge in [-0.1, -0.05) is 12.1 Å². The zero-order chi connectivity index (χ0) is 12.3. The van der Waals surface area contributed by atoms with Gasteiger partial charge in [0.1, 0.15) is 6.29 Å². The van der Waals surface area contributed by atoms with Gasteiger partial charge < -0.3 is 4.79 Å². The van der Waals surface area contributed by atoms with Gasteiger partial charge in [-0.05, 0) is 31.0 Å². The van der Waals surface area contributed by atoms with E-state index in [-0.39, 0.29) is 0 Å². The monoisotopic (exact) mass is 245 g/mol. The quantitative estimate of drug-likeness (QED) is 0.771. The predicted octanol–water partition coefficient (Wildman–Crippen LogP) is 3.56. The van der Waals surface area contributed by atoms with Crippen LogP contribution in [0.2, 0.25) is 0 Å². The Balaban J connectivity index is 2.24. The SMILES string of the molecule is Cc1ccc(-c2csc(CCC=O)n2)cc1C. The van der Waals surface area contributed by atoms with Gasteiger partial charge in [-0.2, -0.15) is 0 Å². The number of rotatable bonds is 4. The number of nitrogens with zero attached hydrogens (tertiary/aromatic N) is 1. The summed E-state index contributed by atoms with van der Waals surface area (Å²) in [6.45, 7) is 4.22. The molecule has 0 bridgehead atoms. The number of carbonyl (C=O) groups is 1. The molecule has 0 atom stereocenters. The normalized spacial score (nSPS) is 10.5. The molecule has 1 heterocycles. The maximum Gasteiger partial charge on any atom is 0.120 e. The van der Waals surface area contributed by atoms with Gasteiger partial charge in [0.25, 0.3) is 0 Å². The molecule has 3 heteroatoms. The number of carbonyl (C=O) groups excluding carboxylic acids is 1. The molecular weight excluding hydrogens is 230 g/mol. The summed E-state index contributed by atoms with van der Waals surface area (Å²) in [5.74, 6) is 0. The molecular formula is C14H15NOS. The molecule has 0 amide bonds. The fourth-order valence-electron chi connectivity index (χ4n) is 1.64. The van der Waals surface area contributed by atoms with Crippen molar-refractivity contribution in [1.82, 2.24) is 4.98 Å². The minimum Gasteiger partial charge on any atom is -0.303 e. The highest BCUT2D eigenvalue weighted by molar-refractivity contribution is 7.09. The van der Waals surface area contributed by atoms with Gasteiger partial charge in [0.2, 0.25) is 0 Å². The molecule has 0 aliphatic carbocycles. The smallest absolute Gasteiger partial charge is 0.120 e. The third-order valence-corrected chi connectivity index (χ3v) is 3.74. The number of benzene rings is 1. The van der Waals surface area contributed by atoms with E-state index in [1.807, 2.05) is 0 Å². The summed E-state index contributed by atoms with van der Waals surface area (Å²) in [7, 11) is 0. The summed E-state index contributed by atoms with van der Waals surface area (Å²) >= 11 is 1.62. The van der Waals surface area contributed by atoms with Crippen molar-refractivity contribution < 1.29 is 4.79 Å². The number of aryl methyl sites for hydroxylation is 3. The van der Waals surface area contributed by atoms with Crippen LogP contribution in [0, 0.1) is 13.8 Å². The second-order valence-corrected chi connectivity index (χ2v) is 5.07. The number of thiazole rings is 1. The second-order valence-electron chi connectivity index (χ2n) is 4.13. The topological polar surface area (TPSA) is 30.0 Å². The van der Waals surface area contributed by atoms with Crippen LogP contribution >= 0.6 is 11.3 Å². The van der Waals surface area contributed by atoms with Crippen molar-refractivity contribution in [2.24, 2.45) is 0 Å². The van der Waals surface area contributed by atoms with E-state index in [2.05, 4.69) is 42.4 Å². The van der Waals surface area contributed by atoms with Crippen molar-refractivity contribution in [2.45, 2.75) is 26.7 Å². The maximum absolute atomic E-state index is 10.3. The van der Waals surface area contributed by atoms with Crippen LogP contribution < -0.4 is 0 Å². The Morgan fingerprint density at radius 3 is 2.82 bits per heavy atom. The van der Waals surface area contributed by atoms with E-state index >= 15 is 0 Å². The molecule has 0 spiro atoms. The van der Waals surface area contributed by atoms with Crippen molar-refractivity contribution >= 4 is 17.6 Å². The first-order chi connectivity index (χ1) is 8.20. The van der Waals surface area contributed by atoms with Crippen LogP contribution in [0.3, 0.4) is 0 Å². The van der Waals surface area contributed by atoms with E-state index in [1.165, 1.54) is 11.1 Å². The second kappa shape index (κ2) is 5.23. The van der Waals surface area contributed by atoms with Crippen molar-refractivity contribution in [1.29, 1.82) is 0 Å². The lowest BCUT2D eigenvalue weighted by molar-refractivity contribution is -0.107. The Morgan fingerprint density at radius 2 is 2.12 bits per heavy atom. The van der Waals surface area contributed by atoms with Crippen LogP contribution in [0.25, 0.3) is 11.3 Å². The Morgan fingerprint density at radius 1 is 1.29 bits per heavy atom. The zero-order valence-electron chi connectivity index (χ0n) is 10.1. The Bertz CT molecular complexity index is 531. The molecule has 0 unspecified atom stereocenters. The Labute approximate surface area is 105 Å². The molecule has 0 fully saturated rings. The van der Waals surface area contributed by atoms with Gasteiger partial charge in [0.15, 0.2) is 0 Å². The van der Waals surface area contributed by atoms with Crippen molar-refractivity contribution in [3.63, 3.8) is 0 Å². The lowest BCUT2D eigenvalue weighted by Crippen LogP contribution is -1.86. The standard InChI is InChI=1S/C14H15NOS/c1-10-5-6-12(8-11(10)2)13-9-17-14(15-13)4-3-7-16/h5-9H,3-4H2,1-2H3. The van der Waals surface area contributed by atoms with Crippen molar-refractivity contribution in [2.75, 3.05) is 0 Å². The molecule has 0 aliphatic rings. The van der Waals surface area contributed by atoms with Gasteiger partial charge in [0.05, 0.1) is 10.7 Å². The highest BCUT2D eigenvalue weighted by Crippen LogP contribution is 2.24. The largest absolute Gasteiger partial charge is 0.303 e. The fraction of sp³-hybridized carbons (Fsp3) is 0.286. The summed E-state index contributed by atoms with van der Waals surface area (Å²) in [5.41, 5.74) is 4.75. The molecule has 0 saturated heterocycles. The highest BCUT2D eigenvalue weighted by Gasteiger charge is 2.05. The minimum atomic E-state index is 0.555. The molecule has 0 radical (unpaired) electrons. The van der Waals surface area contributed by atoms with Crippen molar-refractivity contribution in [3.05, 3.63) is 39.7 Å². The van der Waals surface area contributed by atoms with Gasteiger partial charge in [-0.25, -0.2) is 4.98 Å². The average molecular weight is 245 g/mol. The first kappa shape index (κ1) is 12.0. The van der Waals surface area contributed by atoms with E-state index in [1.54, 1.807) is 11.3 Å². The van der Waals surface area contributed by atoms with E-state index in [4.69, 9.17) is 0 Å². The van der Waals surface area contributed by atoms with Crippen molar-refractivity contribution in [3.8, 4) is 11.3 Å². The molecule has 0 N–H and O–H groups in total. The predicted molar refractivity (Wildman–Crippen MR) is 71.4 cm³/mol. The third-order valence-electron chi connectivity index (χ3n) is 2.83. The average Bonchev–Trinajstić information content (AvgIpc) is 2.79. The molecule has 0 aliphatic heterocycles. The molecule has 2 nitrogen and oxygen atoms in total. The molecule has 0 saturated carbocycles. The van der Waals surface area contributed by atoms with E-state index in [9.17, 15) is 4.79 Å². The van der Waals surface area contributed by atoms with E-state index < -0.39 is 0 Å². The molecule has 2 aromatic rings. The van der Waals surface area contributed by atoms with Crippen LogP contribution in [-0.2, 0) is 11.2 Å². The summed E-state index contributed by atoms with van der Waals surface area (Å²) in [6, 6.07) is 6.38.